The summed E-state index contributed by atoms with van der Waals surface area (Å²) in [6.45, 7) is 8.36. The number of aliphatic imine (C=N–C) groups is 1. The molecule has 0 atom stereocenters. The summed E-state index contributed by atoms with van der Waals surface area (Å²) in [5.41, 5.74) is 2.73. The maximum atomic E-state index is 10.4. The van der Waals surface area contributed by atoms with Crippen molar-refractivity contribution in [2.45, 2.75) is 13.3 Å². The molecule has 0 unspecified atom stereocenters. The van der Waals surface area contributed by atoms with Gasteiger partial charge in [0.25, 0.3) is 0 Å². The summed E-state index contributed by atoms with van der Waals surface area (Å²) < 4.78 is 10.9. The summed E-state index contributed by atoms with van der Waals surface area (Å²) in [5.74, 6) is 0.687. The minimum Gasteiger partial charge on any atom is -0.504 e. The zero-order valence-electron chi connectivity index (χ0n) is 17.5. The Labute approximate surface area is 182 Å². The van der Waals surface area contributed by atoms with E-state index in [4.69, 9.17) is 14.5 Å². The van der Waals surface area contributed by atoms with Crippen LogP contribution in [0, 0.1) is 0 Å². The number of hydrogen-bond acceptors (Lipinski definition) is 5. The van der Waals surface area contributed by atoms with Gasteiger partial charge in [-0.2, -0.15) is 0 Å². The molecule has 2 aromatic rings. The number of phenols is 1. The number of allylic oxidation sites excluding steroid dienone is 1. The highest BCUT2D eigenvalue weighted by atomic mass is 32.2. The van der Waals surface area contributed by atoms with Crippen LogP contribution in [0.3, 0.4) is 0 Å². The monoisotopic (exact) mass is 424 g/mol. The molecule has 1 saturated heterocycles. The number of aromatic hydroxyl groups is 1. The molecule has 0 spiro atoms. The van der Waals surface area contributed by atoms with Crippen LogP contribution in [-0.2, 0) is 11.2 Å². The van der Waals surface area contributed by atoms with Crippen molar-refractivity contribution in [2.75, 3.05) is 33.4 Å². The smallest absolute Gasteiger partial charge is 0.169 e. The predicted molar refractivity (Wildman–Crippen MR) is 126 cm³/mol. The predicted octanol–water partition coefficient (Wildman–Crippen LogP) is 5.24. The quantitative estimate of drug-likeness (QED) is 0.558. The van der Waals surface area contributed by atoms with Gasteiger partial charge < -0.3 is 19.5 Å². The van der Waals surface area contributed by atoms with Crippen molar-refractivity contribution in [2.24, 2.45) is 4.99 Å². The lowest BCUT2D eigenvalue weighted by Crippen LogP contribution is -2.27. The zero-order chi connectivity index (χ0) is 21.3. The summed E-state index contributed by atoms with van der Waals surface area (Å²) >= 11 is 1.66. The molecule has 0 radical (unpaired) electrons. The number of para-hydroxylation sites is 1. The van der Waals surface area contributed by atoms with Crippen LogP contribution < -0.4 is 4.74 Å². The van der Waals surface area contributed by atoms with Gasteiger partial charge in [0.2, 0.25) is 0 Å². The van der Waals surface area contributed by atoms with Gasteiger partial charge in [-0.1, -0.05) is 36.0 Å². The number of ether oxygens (including phenoxy) is 2. The van der Waals surface area contributed by atoms with E-state index in [2.05, 4.69) is 17.6 Å². The molecular formula is C24H28N2O3S. The van der Waals surface area contributed by atoms with Crippen LogP contribution in [0.25, 0.3) is 6.08 Å². The van der Waals surface area contributed by atoms with Crippen LogP contribution in [-0.4, -0.2) is 48.6 Å². The van der Waals surface area contributed by atoms with Gasteiger partial charge in [0.1, 0.15) is 0 Å². The molecule has 1 N–H and O–H groups in total. The van der Waals surface area contributed by atoms with E-state index in [-0.39, 0.29) is 5.75 Å². The second-order valence-corrected chi connectivity index (χ2v) is 7.90. The fraction of sp³-hybridized carbons (Fsp3) is 0.292. The fourth-order valence-corrected chi connectivity index (χ4v) is 4.25. The average molecular weight is 425 g/mol. The van der Waals surface area contributed by atoms with Gasteiger partial charge in [-0.15, -0.1) is 6.58 Å². The molecule has 1 aliphatic rings. The molecule has 0 aliphatic carbocycles. The molecule has 2 aromatic carbocycles. The van der Waals surface area contributed by atoms with Crippen molar-refractivity contribution in [1.29, 1.82) is 0 Å². The van der Waals surface area contributed by atoms with Gasteiger partial charge in [0.05, 0.1) is 25.4 Å². The Kier molecular flexibility index (Phi) is 7.99. The standard InChI is InChI=1S/C24H28N2O3S/c1-4-9-19-14-18(16-22(23(19)27)29-5-2)15-21-17-26(12-13-28-3)24(30-21)25-20-10-7-6-8-11-20/h4,6-8,10-11,14-16,27H,1,5,9,12-13,17H2,2-3H3. The highest BCUT2D eigenvalue weighted by Crippen LogP contribution is 2.36. The largest absolute Gasteiger partial charge is 0.504 e. The van der Waals surface area contributed by atoms with Gasteiger partial charge >= 0.3 is 0 Å². The van der Waals surface area contributed by atoms with Crippen molar-refractivity contribution in [3.05, 3.63) is 71.2 Å². The van der Waals surface area contributed by atoms with Gasteiger partial charge in [0.15, 0.2) is 16.7 Å². The summed E-state index contributed by atoms with van der Waals surface area (Å²) in [5, 5.41) is 11.4. The van der Waals surface area contributed by atoms with Crippen LogP contribution >= 0.6 is 11.8 Å². The van der Waals surface area contributed by atoms with E-state index in [1.54, 1.807) is 24.9 Å². The summed E-state index contributed by atoms with van der Waals surface area (Å²) in [6, 6.07) is 13.8. The Morgan fingerprint density at radius 1 is 1.27 bits per heavy atom. The third kappa shape index (κ3) is 5.68. The van der Waals surface area contributed by atoms with Crippen LogP contribution in [0.2, 0.25) is 0 Å². The number of amidine groups is 1. The van der Waals surface area contributed by atoms with E-state index in [0.717, 1.165) is 35.1 Å². The number of nitrogens with zero attached hydrogens (tertiary/aromatic N) is 2. The Morgan fingerprint density at radius 2 is 2.07 bits per heavy atom. The Bertz CT molecular complexity index is 926. The first-order chi connectivity index (χ1) is 14.6. The topological polar surface area (TPSA) is 54.3 Å². The third-order valence-electron chi connectivity index (χ3n) is 4.55. The molecule has 0 aromatic heterocycles. The molecule has 1 fully saturated rings. The second kappa shape index (κ2) is 10.9. The highest BCUT2D eigenvalue weighted by Gasteiger charge is 2.24. The summed E-state index contributed by atoms with van der Waals surface area (Å²) in [7, 11) is 1.71. The van der Waals surface area contributed by atoms with Crippen LogP contribution in [0.4, 0.5) is 5.69 Å². The van der Waals surface area contributed by atoms with E-state index >= 15 is 0 Å². The van der Waals surface area contributed by atoms with E-state index < -0.39 is 0 Å². The molecule has 1 heterocycles. The van der Waals surface area contributed by atoms with Crippen molar-refractivity contribution in [3.63, 3.8) is 0 Å². The number of hydrogen-bond donors (Lipinski definition) is 1. The van der Waals surface area contributed by atoms with E-state index in [1.165, 1.54) is 4.91 Å². The van der Waals surface area contributed by atoms with Gasteiger partial charge in [-0.25, -0.2) is 4.99 Å². The maximum Gasteiger partial charge on any atom is 0.169 e. The number of phenolic OH excluding ortho intramolecular Hbond substituents is 1. The van der Waals surface area contributed by atoms with Crippen LogP contribution in [0.15, 0.2) is 65.0 Å². The van der Waals surface area contributed by atoms with E-state index in [1.807, 2.05) is 49.4 Å². The molecular weight excluding hydrogens is 396 g/mol. The molecule has 0 amide bonds. The normalized spacial score (nSPS) is 16.4. The first kappa shape index (κ1) is 22.0. The summed E-state index contributed by atoms with van der Waals surface area (Å²) in [6.07, 6.45) is 4.49. The maximum absolute atomic E-state index is 10.4. The fourth-order valence-electron chi connectivity index (χ4n) is 3.16. The molecule has 5 nitrogen and oxygen atoms in total. The second-order valence-electron chi connectivity index (χ2n) is 6.81. The van der Waals surface area contributed by atoms with E-state index in [9.17, 15) is 5.11 Å². The molecule has 3 rings (SSSR count). The van der Waals surface area contributed by atoms with E-state index in [0.29, 0.717) is 25.4 Å². The minimum absolute atomic E-state index is 0.186. The van der Waals surface area contributed by atoms with Gasteiger partial charge in [-0.3, -0.25) is 0 Å². The molecule has 30 heavy (non-hydrogen) atoms. The lowest BCUT2D eigenvalue weighted by atomic mass is 10.1. The Morgan fingerprint density at radius 3 is 2.77 bits per heavy atom. The van der Waals surface area contributed by atoms with Crippen molar-refractivity contribution < 1.29 is 14.6 Å². The Balaban J connectivity index is 1.91. The Hall–Kier alpha value is -2.70. The van der Waals surface area contributed by atoms with Crippen LogP contribution in [0.1, 0.15) is 18.1 Å². The SMILES string of the molecule is C=CCc1cc(C=C2CN(CCOC)C(=Nc3ccccc3)S2)cc(OCC)c1O. The number of rotatable bonds is 9. The molecule has 6 heteroatoms. The third-order valence-corrected chi connectivity index (χ3v) is 5.60. The average Bonchev–Trinajstić information content (AvgIpc) is 3.11. The number of benzene rings is 2. The van der Waals surface area contributed by atoms with Crippen molar-refractivity contribution >= 4 is 28.7 Å². The highest BCUT2D eigenvalue weighted by molar-refractivity contribution is 8.17. The van der Waals surface area contributed by atoms with Gasteiger partial charge in [0, 0.05) is 24.1 Å². The minimum atomic E-state index is 0.186. The lowest BCUT2D eigenvalue weighted by molar-refractivity contribution is 0.180. The first-order valence-electron chi connectivity index (χ1n) is 10.00. The first-order valence-corrected chi connectivity index (χ1v) is 10.8. The van der Waals surface area contributed by atoms with Crippen LogP contribution in [0.5, 0.6) is 11.5 Å². The van der Waals surface area contributed by atoms with Crippen molar-refractivity contribution in [3.8, 4) is 11.5 Å². The number of thioether (sulfide) groups is 1. The lowest BCUT2D eigenvalue weighted by Gasteiger charge is -2.16. The van der Waals surface area contributed by atoms with Crippen molar-refractivity contribution in [1.82, 2.24) is 4.90 Å². The molecule has 0 saturated carbocycles. The summed E-state index contributed by atoms with van der Waals surface area (Å²) in [4.78, 5) is 8.23. The number of methoxy groups -OCH3 is 1. The molecule has 0 bridgehead atoms. The molecule has 158 valence electrons. The molecule has 1 aliphatic heterocycles. The van der Waals surface area contributed by atoms with Gasteiger partial charge in [-0.05, 0) is 49.2 Å². The zero-order valence-corrected chi connectivity index (χ0v) is 18.3.